The third-order valence-electron chi connectivity index (χ3n) is 2.56. The van der Waals surface area contributed by atoms with Gasteiger partial charge in [-0.15, -0.1) is 0 Å². The molecule has 21 heavy (non-hydrogen) atoms. The summed E-state index contributed by atoms with van der Waals surface area (Å²) in [5.41, 5.74) is 0.0145. The zero-order chi connectivity index (χ0) is 15.7. The summed E-state index contributed by atoms with van der Waals surface area (Å²) in [5.74, 6) is -2.20. The van der Waals surface area contributed by atoms with Crippen LogP contribution >= 0.6 is 0 Å². The number of ether oxygens (including phenoxy) is 2. The number of aliphatic hydroxyl groups excluding tert-OH is 1. The highest BCUT2D eigenvalue weighted by Gasteiger charge is 2.20. The molecule has 1 N–H and O–H groups in total. The minimum Gasteiger partial charge on any atom is -0.462 e. The van der Waals surface area contributed by atoms with Crippen LogP contribution in [0.4, 0.5) is 0 Å². The average molecular weight is 294 g/mol. The summed E-state index contributed by atoms with van der Waals surface area (Å²) >= 11 is 0. The molecule has 0 aliphatic rings. The monoisotopic (exact) mass is 294 g/mol. The quantitative estimate of drug-likeness (QED) is 0.468. The van der Waals surface area contributed by atoms with Crippen LogP contribution in [0.15, 0.2) is 24.3 Å². The van der Waals surface area contributed by atoms with Gasteiger partial charge in [0.25, 0.3) is 0 Å². The minimum atomic E-state index is -0.872. The van der Waals surface area contributed by atoms with Crippen LogP contribution in [0.5, 0.6) is 0 Å². The first-order valence-electron chi connectivity index (χ1n) is 6.72. The van der Waals surface area contributed by atoms with Gasteiger partial charge in [0.1, 0.15) is 0 Å². The third-order valence-corrected chi connectivity index (χ3v) is 2.56. The molecule has 0 fully saturated rings. The fourth-order valence-electron chi connectivity index (χ4n) is 1.56. The number of carbonyl (C=O) groups excluding carboxylic acids is 3. The van der Waals surface area contributed by atoms with Crippen LogP contribution in [0.1, 0.15) is 46.9 Å². The van der Waals surface area contributed by atoms with Gasteiger partial charge in [-0.05, 0) is 18.6 Å². The van der Waals surface area contributed by atoms with Gasteiger partial charge in [0.2, 0.25) is 0 Å². The Hall–Kier alpha value is -2.21. The number of benzene rings is 1. The molecule has 0 heterocycles. The number of rotatable bonds is 7. The van der Waals surface area contributed by atoms with Gasteiger partial charge in [-0.25, -0.2) is 9.59 Å². The summed E-state index contributed by atoms with van der Waals surface area (Å²) in [7, 11) is 0. The second-order valence-corrected chi connectivity index (χ2v) is 4.27. The largest absolute Gasteiger partial charge is 0.462 e. The molecule has 114 valence electrons. The molecule has 0 spiro atoms. The standard InChI is InChI=1S/C15H18O6/c1-2-6-13(17)21-15(19)12-8-4-3-7-11(12)14(18)20-10-5-9-16/h3-4,7-8,16H,2,5-6,9-10H2,1H3. The summed E-state index contributed by atoms with van der Waals surface area (Å²) < 4.78 is 9.59. The van der Waals surface area contributed by atoms with Gasteiger partial charge >= 0.3 is 17.9 Å². The molecule has 1 aromatic carbocycles. The molecule has 0 radical (unpaired) electrons. The molecule has 0 aliphatic carbocycles. The Morgan fingerprint density at radius 2 is 1.71 bits per heavy atom. The zero-order valence-corrected chi connectivity index (χ0v) is 11.8. The first-order valence-corrected chi connectivity index (χ1v) is 6.72. The highest BCUT2D eigenvalue weighted by Crippen LogP contribution is 2.13. The van der Waals surface area contributed by atoms with Crippen LogP contribution in [0.2, 0.25) is 0 Å². The maximum absolute atomic E-state index is 11.9. The molecule has 0 atom stereocenters. The highest BCUT2D eigenvalue weighted by molar-refractivity contribution is 6.05. The zero-order valence-electron chi connectivity index (χ0n) is 11.8. The maximum atomic E-state index is 11.9. The summed E-state index contributed by atoms with van der Waals surface area (Å²) in [6.45, 7) is 1.74. The molecule has 0 unspecified atom stereocenters. The second kappa shape index (κ2) is 8.86. The van der Waals surface area contributed by atoms with Crippen molar-refractivity contribution in [2.75, 3.05) is 13.2 Å². The molecule has 0 aromatic heterocycles. The van der Waals surface area contributed by atoms with Crippen molar-refractivity contribution in [1.82, 2.24) is 0 Å². The van der Waals surface area contributed by atoms with Crippen molar-refractivity contribution in [3.63, 3.8) is 0 Å². The van der Waals surface area contributed by atoms with Crippen molar-refractivity contribution >= 4 is 17.9 Å². The number of esters is 3. The second-order valence-electron chi connectivity index (χ2n) is 4.27. The molecule has 0 amide bonds. The Morgan fingerprint density at radius 1 is 1.10 bits per heavy atom. The molecule has 6 heteroatoms. The lowest BCUT2D eigenvalue weighted by Crippen LogP contribution is -2.17. The topological polar surface area (TPSA) is 89.9 Å². The normalized spacial score (nSPS) is 10.0. The van der Waals surface area contributed by atoms with Crippen molar-refractivity contribution in [2.45, 2.75) is 26.2 Å². The molecular weight excluding hydrogens is 276 g/mol. The van der Waals surface area contributed by atoms with Gasteiger partial charge in [-0.3, -0.25) is 4.79 Å². The number of hydrogen-bond acceptors (Lipinski definition) is 6. The van der Waals surface area contributed by atoms with Crippen LogP contribution in [0.25, 0.3) is 0 Å². The first-order chi connectivity index (χ1) is 10.1. The van der Waals surface area contributed by atoms with E-state index in [2.05, 4.69) is 4.74 Å². The Kier molecular flexibility index (Phi) is 7.11. The van der Waals surface area contributed by atoms with E-state index in [1.165, 1.54) is 12.1 Å². The Balaban J connectivity index is 2.80. The molecule has 0 saturated carbocycles. The van der Waals surface area contributed by atoms with E-state index < -0.39 is 17.9 Å². The molecule has 0 bridgehead atoms. The third kappa shape index (κ3) is 5.35. The Labute approximate surface area is 122 Å². The SMILES string of the molecule is CCCC(=O)OC(=O)c1ccccc1C(=O)OCCCO. The molecule has 6 nitrogen and oxygen atoms in total. The van der Waals surface area contributed by atoms with Gasteiger partial charge < -0.3 is 14.6 Å². The van der Waals surface area contributed by atoms with E-state index in [1.807, 2.05) is 0 Å². The average Bonchev–Trinajstić information content (AvgIpc) is 2.47. The predicted molar refractivity (Wildman–Crippen MR) is 73.8 cm³/mol. The van der Waals surface area contributed by atoms with E-state index in [9.17, 15) is 14.4 Å². The maximum Gasteiger partial charge on any atom is 0.346 e. The summed E-state index contributed by atoms with van der Waals surface area (Å²) in [5, 5.41) is 8.64. The lowest BCUT2D eigenvalue weighted by molar-refractivity contribution is -0.138. The molecule has 0 saturated heterocycles. The molecule has 1 rings (SSSR count). The number of aliphatic hydroxyl groups is 1. The lowest BCUT2D eigenvalue weighted by atomic mass is 10.1. The van der Waals surface area contributed by atoms with Gasteiger partial charge in [0.05, 0.1) is 17.7 Å². The minimum absolute atomic E-state index is 0.0176. The van der Waals surface area contributed by atoms with Gasteiger partial charge in [-0.2, -0.15) is 0 Å². The molecule has 0 aliphatic heterocycles. The predicted octanol–water partition coefficient (Wildman–Crippen LogP) is 1.71. The van der Waals surface area contributed by atoms with Crippen LogP contribution in [0, 0.1) is 0 Å². The van der Waals surface area contributed by atoms with E-state index in [4.69, 9.17) is 9.84 Å². The lowest BCUT2D eigenvalue weighted by Gasteiger charge is -2.08. The van der Waals surface area contributed by atoms with Crippen LogP contribution < -0.4 is 0 Å². The van der Waals surface area contributed by atoms with Crippen molar-refractivity contribution in [1.29, 1.82) is 0 Å². The van der Waals surface area contributed by atoms with E-state index in [-0.39, 0.29) is 30.8 Å². The van der Waals surface area contributed by atoms with Crippen LogP contribution in [-0.2, 0) is 14.3 Å². The Bertz CT molecular complexity index is 509. The van der Waals surface area contributed by atoms with Crippen molar-refractivity contribution in [2.24, 2.45) is 0 Å². The Morgan fingerprint density at radius 3 is 2.29 bits per heavy atom. The number of carbonyl (C=O) groups is 3. The summed E-state index contributed by atoms with van der Waals surface area (Å²) in [6.07, 6.45) is 1.01. The van der Waals surface area contributed by atoms with E-state index in [1.54, 1.807) is 19.1 Å². The number of hydrogen-bond donors (Lipinski definition) is 1. The van der Waals surface area contributed by atoms with Crippen molar-refractivity contribution in [3.8, 4) is 0 Å². The highest BCUT2D eigenvalue weighted by atomic mass is 16.6. The summed E-state index contributed by atoms with van der Waals surface area (Å²) in [4.78, 5) is 35.1. The van der Waals surface area contributed by atoms with Gasteiger partial charge in [-0.1, -0.05) is 19.1 Å². The van der Waals surface area contributed by atoms with Crippen LogP contribution in [-0.4, -0.2) is 36.2 Å². The molecule has 1 aromatic rings. The van der Waals surface area contributed by atoms with Crippen LogP contribution in [0.3, 0.4) is 0 Å². The van der Waals surface area contributed by atoms with E-state index >= 15 is 0 Å². The summed E-state index contributed by atoms with van der Waals surface area (Å²) in [6, 6.07) is 5.95. The smallest absolute Gasteiger partial charge is 0.346 e. The van der Waals surface area contributed by atoms with Crippen molar-refractivity contribution in [3.05, 3.63) is 35.4 Å². The fraction of sp³-hybridized carbons (Fsp3) is 0.400. The van der Waals surface area contributed by atoms with Gasteiger partial charge in [0.15, 0.2) is 0 Å². The first kappa shape index (κ1) is 16.8. The van der Waals surface area contributed by atoms with Gasteiger partial charge in [0, 0.05) is 19.4 Å². The molecular formula is C15H18O6. The fourth-order valence-corrected chi connectivity index (χ4v) is 1.56. The van der Waals surface area contributed by atoms with Crippen molar-refractivity contribution < 1.29 is 29.0 Å². The van der Waals surface area contributed by atoms with E-state index in [0.29, 0.717) is 12.8 Å². The van der Waals surface area contributed by atoms with E-state index in [0.717, 1.165) is 0 Å².